The van der Waals surface area contributed by atoms with Gasteiger partial charge < -0.3 is 10.1 Å². The Kier molecular flexibility index (Phi) is 6.44. The lowest BCUT2D eigenvalue weighted by Gasteiger charge is -2.14. The minimum atomic E-state index is -0.922. The largest absolute Gasteiger partial charge is 0.453 e. The molecular weight excluding hydrogens is 387 g/mol. The van der Waals surface area contributed by atoms with Gasteiger partial charge in [0.1, 0.15) is 5.82 Å². The highest BCUT2D eigenvalue weighted by Crippen LogP contribution is 2.17. The molecule has 0 aliphatic heterocycles. The quantitative estimate of drug-likeness (QED) is 0.603. The van der Waals surface area contributed by atoms with Crippen LogP contribution < -0.4 is 5.32 Å². The van der Waals surface area contributed by atoms with Crippen LogP contribution in [0, 0.1) is 26.6 Å². The summed E-state index contributed by atoms with van der Waals surface area (Å²) in [7, 11) is 0. The highest BCUT2D eigenvalue weighted by atomic mass is 19.1. The Morgan fingerprint density at radius 2 is 1.90 bits per heavy atom. The molecule has 0 unspecified atom stereocenters. The van der Waals surface area contributed by atoms with Crippen LogP contribution in [0.25, 0.3) is 5.65 Å². The molecule has 0 bridgehead atoms. The topological polar surface area (TPSA) is 85.6 Å². The molecule has 0 saturated carbocycles. The average Bonchev–Trinajstić information content (AvgIpc) is 3.07. The summed E-state index contributed by atoms with van der Waals surface area (Å²) in [6.07, 6.45) is -0.345. The van der Waals surface area contributed by atoms with E-state index in [1.807, 2.05) is 26.8 Å². The van der Waals surface area contributed by atoms with Crippen molar-refractivity contribution in [1.82, 2.24) is 19.9 Å². The normalized spacial score (nSPS) is 12.0. The summed E-state index contributed by atoms with van der Waals surface area (Å²) >= 11 is 0. The second-order valence-corrected chi connectivity index (χ2v) is 7.29. The Morgan fingerprint density at radius 3 is 2.60 bits per heavy atom. The molecule has 3 aromatic rings. The lowest BCUT2D eigenvalue weighted by atomic mass is 10.1. The number of ether oxygens (including phenoxy) is 1. The molecule has 0 aliphatic carbocycles. The van der Waals surface area contributed by atoms with Crippen molar-refractivity contribution in [3.63, 3.8) is 0 Å². The fourth-order valence-corrected chi connectivity index (χ4v) is 3.27. The van der Waals surface area contributed by atoms with Crippen LogP contribution >= 0.6 is 0 Å². The zero-order chi connectivity index (χ0) is 21.8. The minimum Gasteiger partial charge on any atom is -0.453 e. The van der Waals surface area contributed by atoms with E-state index >= 15 is 0 Å². The van der Waals surface area contributed by atoms with Gasteiger partial charge in [0.05, 0.1) is 5.69 Å². The van der Waals surface area contributed by atoms with E-state index in [2.05, 4.69) is 15.4 Å². The van der Waals surface area contributed by atoms with E-state index in [1.165, 1.54) is 19.1 Å². The van der Waals surface area contributed by atoms with Crippen LogP contribution in [0.5, 0.6) is 0 Å². The molecule has 1 amide bonds. The molecule has 3 rings (SSSR count). The van der Waals surface area contributed by atoms with Crippen LogP contribution in [0.2, 0.25) is 0 Å². The summed E-state index contributed by atoms with van der Waals surface area (Å²) in [5, 5.41) is 7.11. The van der Waals surface area contributed by atoms with Gasteiger partial charge in [0.15, 0.2) is 11.8 Å². The maximum atomic E-state index is 12.9. The lowest BCUT2D eigenvalue weighted by molar-refractivity contribution is -0.154. The Labute approximate surface area is 174 Å². The second kappa shape index (κ2) is 9.02. The number of rotatable bonds is 7. The van der Waals surface area contributed by atoms with Crippen molar-refractivity contribution >= 4 is 17.5 Å². The fourth-order valence-electron chi connectivity index (χ4n) is 3.27. The molecule has 0 aliphatic rings. The fraction of sp³-hybridized carbons (Fsp3) is 0.364. The molecule has 1 aromatic carbocycles. The van der Waals surface area contributed by atoms with E-state index in [0.717, 1.165) is 33.9 Å². The van der Waals surface area contributed by atoms with Crippen LogP contribution in [0.3, 0.4) is 0 Å². The maximum absolute atomic E-state index is 12.9. The number of nitrogens with one attached hydrogen (secondary N) is 1. The van der Waals surface area contributed by atoms with E-state index < -0.39 is 18.0 Å². The maximum Gasteiger partial charge on any atom is 0.306 e. The van der Waals surface area contributed by atoms with Crippen LogP contribution in [-0.4, -0.2) is 32.6 Å². The van der Waals surface area contributed by atoms with Crippen molar-refractivity contribution in [3.05, 3.63) is 64.4 Å². The number of nitrogens with zero attached hydrogens (tertiary/aromatic N) is 3. The summed E-state index contributed by atoms with van der Waals surface area (Å²) in [5.74, 6) is -1.21. The highest BCUT2D eigenvalue weighted by Gasteiger charge is 2.19. The van der Waals surface area contributed by atoms with Gasteiger partial charge in [-0.15, -0.1) is 0 Å². The predicted octanol–water partition coefficient (Wildman–Crippen LogP) is 2.97. The number of carbonyl (C=O) groups is 2. The number of amides is 1. The molecular formula is C22H25FN4O3. The minimum absolute atomic E-state index is 0.130. The Morgan fingerprint density at radius 1 is 1.20 bits per heavy atom. The van der Waals surface area contributed by atoms with Gasteiger partial charge in [-0.1, -0.05) is 12.1 Å². The molecule has 0 saturated heterocycles. The molecule has 1 N–H and O–H groups in total. The zero-order valence-electron chi connectivity index (χ0n) is 17.5. The average molecular weight is 412 g/mol. The van der Waals surface area contributed by atoms with Crippen molar-refractivity contribution in [2.75, 3.05) is 0 Å². The van der Waals surface area contributed by atoms with Crippen molar-refractivity contribution in [2.24, 2.45) is 0 Å². The highest BCUT2D eigenvalue weighted by molar-refractivity contribution is 5.83. The summed E-state index contributed by atoms with van der Waals surface area (Å²) in [5.41, 5.74) is 5.13. The van der Waals surface area contributed by atoms with Crippen molar-refractivity contribution in [3.8, 4) is 0 Å². The third kappa shape index (κ3) is 5.00. The first kappa shape index (κ1) is 21.4. The number of carbonyl (C=O) groups excluding carboxylic acids is 2. The number of hydrogen-bond acceptors (Lipinski definition) is 5. The first-order valence-corrected chi connectivity index (χ1v) is 9.78. The van der Waals surface area contributed by atoms with E-state index in [4.69, 9.17) is 4.74 Å². The molecule has 0 fully saturated rings. The summed E-state index contributed by atoms with van der Waals surface area (Å²) in [6.45, 7) is 7.51. The first-order valence-electron chi connectivity index (χ1n) is 9.78. The monoisotopic (exact) mass is 412 g/mol. The van der Waals surface area contributed by atoms with Crippen molar-refractivity contribution in [1.29, 1.82) is 0 Å². The number of aromatic nitrogens is 3. The molecule has 0 spiro atoms. The zero-order valence-corrected chi connectivity index (χ0v) is 17.5. The third-order valence-electron chi connectivity index (χ3n) is 4.92. The molecule has 30 heavy (non-hydrogen) atoms. The van der Waals surface area contributed by atoms with Crippen molar-refractivity contribution in [2.45, 2.75) is 53.2 Å². The standard InChI is InChI=1S/C22H25FN4O3/c1-13-11-20-25-14(2)19(15(3)27(20)26-13)9-10-21(28)30-16(4)22(29)24-12-17-5-7-18(23)8-6-17/h5-8,11,16H,9-10,12H2,1-4H3,(H,24,29)/t16-/m0/s1. The van der Waals surface area contributed by atoms with E-state index in [-0.39, 0.29) is 18.8 Å². The SMILES string of the molecule is Cc1cc2nc(C)c(CCC(=O)O[C@@H](C)C(=O)NCc3ccc(F)cc3)c(C)n2n1. The van der Waals surface area contributed by atoms with Crippen LogP contribution in [0.4, 0.5) is 4.39 Å². The lowest BCUT2D eigenvalue weighted by Crippen LogP contribution is -2.35. The van der Waals surface area contributed by atoms with Gasteiger partial charge in [-0.3, -0.25) is 9.59 Å². The van der Waals surface area contributed by atoms with Gasteiger partial charge in [0.25, 0.3) is 5.91 Å². The number of hydrogen-bond donors (Lipinski definition) is 1. The van der Waals surface area contributed by atoms with Gasteiger partial charge in [-0.2, -0.15) is 5.10 Å². The molecule has 1 atom stereocenters. The van der Waals surface area contributed by atoms with Crippen LogP contribution in [0.15, 0.2) is 30.3 Å². The Bertz CT molecular complexity index is 1080. The second-order valence-electron chi connectivity index (χ2n) is 7.29. The van der Waals surface area contributed by atoms with Gasteiger partial charge in [-0.25, -0.2) is 13.9 Å². The number of benzene rings is 1. The molecule has 7 nitrogen and oxygen atoms in total. The van der Waals surface area contributed by atoms with Crippen molar-refractivity contribution < 1.29 is 18.7 Å². The molecule has 2 aromatic heterocycles. The van der Waals surface area contributed by atoms with E-state index in [0.29, 0.717) is 6.42 Å². The number of aryl methyl sites for hydroxylation is 3. The Balaban J connectivity index is 1.53. The number of fused-ring (bicyclic) bond motifs is 1. The number of esters is 1. The van der Waals surface area contributed by atoms with Crippen LogP contribution in [-0.2, 0) is 27.3 Å². The molecule has 2 heterocycles. The summed E-state index contributed by atoms with van der Waals surface area (Å²) in [4.78, 5) is 29.0. The first-order chi connectivity index (χ1) is 14.2. The van der Waals surface area contributed by atoms with Gasteiger partial charge >= 0.3 is 5.97 Å². The van der Waals surface area contributed by atoms with E-state index in [1.54, 1.807) is 16.6 Å². The smallest absolute Gasteiger partial charge is 0.306 e. The molecule has 8 heteroatoms. The van der Waals surface area contributed by atoms with Crippen LogP contribution in [0.1, 0.15) is 41.6 Å². The summed E-state index contributed by atoms with van der Waals surface area (Å²) in [6, 6.07) is 7.73. The molecule has 158 valence electrons. The Hall–Kier alpha value is -3.29. The third-order valence-corrected chi connectivity index (χ3v) is 4.92. The van der Waals surface area contributed by atoms with Gasteiger partial charge in [0.2, 0.25) is 0 Å². The summed E-state index contributed by atoms with van der Waals surface area (Å²) < 4.78 is 20.0. The van der Waals surface area contributed by atoms with Gasteiger partial charge in [-0.05, 0) is 57.4 Å². The predicted molar refractivity (Wildman–Crippen MR) is 109 cm³/mol. The number of halogens is 1. The van der Waals surface area contributed by atoms with E-state index in [9.17, 15) is 14.0 Å². The van der Waals surface area contributed by atoms with Gasteiger partial charge in [0, 0.05) is 30.4 Å². The molecule has 0 radical (unpaired) electrons.